The molecule has 0 spiro atoms. The van der Waals surface area contributed by atoms with Gasteiger partial charge in [0.15, 0.2) is 16.6 Å². The second-order valence-corrected chi connectivity index (χ2v) is 24.2. The molecule has 1 aromatic carbocycles. The Morgan fingerprint density at radius 2 is 1.48 bits per heavy atom. The van der Waals surface area contributed by atoms with Crippen molar-refractivity contribution in [2.45, 2.75) is 124 Å². The molecule has 1 aromatic heterocycles. The van der Waals surface area contributed by atoms with Gasteiger partial charge in [0.25, 0.3) is 0 Å². The number of carboxylic acid groups (broad SMARTS) is 1. The van der Waals surface area contributed by atoms with Gasteiger partial charge in [-0.15, -0.1) is 11.3 Å². The van der Waals surface area contributed by atoms with Gasteiger partial charge in [0.1, 0.15) is 12.4 Å². The summed E-state index contributed by atoms with van der Waals surface area (Å²) in [6, 6.07) is 8.45. The summed E-state index contributed by atoms with van der Waals surface area (Å²) in [6.07, 6.45) is 3.61. The highest BCUT2D eigenvalue weighted by Gasteiger charge is 2.38. The summed E-state index contributed by atoms with van der Waals surface area (Å²) in [5.74, 6) is 0.0605. The molecule has 0 saturated carbocycles. The Morgan fingerprint density at radius 3 is 2.00 bits per heavy atom. The van der Waals surface area contributed by atoms with E-state index in [0.717, 1.165) is 33.7 Å². The summed E-state index contributed by atoms with van der Waals surface area (Å²) in [5, 5.41) is 11.4. The summed E-state index contributed by atoms with van der Waals surface area (Å²) in [6.45, 7) is 26.5. The van der Waals surface area contributed by atoms with Gasteiger partial charge < -0.3 is 18.7 Å². The van der Waals surface area contributed by atoms with Crippen LogP contribution < -0.4 is 4.74 Å². The average Bonchev–Trinajstić information content (AvgIpc) is 3.30. The lowest BCUT2D eigenvalue weighted by Gasteiger charge is -2.37. The Bertz CT molecular complexity index is 1150. The summed E-state index contributed by atoms with van der Waals surface area (Å²) in [7, 11) is -3.82. The van der Waals surface area contributed by atoms with E-state index in [1.54, 1.807) is 11.3 Å². The highest BCUT2D eigenvalue weighted by molar-refractivity contribution is 7.10. The summed E-state index contributed by atoms with van der Waals surface area (Å²) >= 11 is 1.67. The minimum atomic E-state index is -1.93. The molecule has 0 aliphatic carbocycles. The van der Waals surface area contributed by atoms with Crippen LogP contribution in [0.5, 0.6) is 5.75 Å². The molecular formula is C32H52O5SSi2. The molecule has 1 N–H and O–H groups in total. The zero-order valence-corrected chi connectivity index (χ0v) is 29.5. The van der Waals surface area contributed by atoms with Gasteiger partial charge in [-0.1, -0.05) is 60.6 Å². The number of hydrogen-bond acceptors (Lipinski definition) is 5. The number of thiophene rings is 1. The van der Waals surface area contributed by atoms with E-state index < -0.39 is 22.6 Å². The number of aliphatic carboxylic acids is 1. The van der Waals surface area contributed by atoms with Gasteiger partial charge in [0, 0.05) is 11.3 Å². The SMILES string of the molecule is CCC(=CCCC(=O)O)c1csc(COc2ccc(CO[Si](C)(C)C(C)(C)C)c(CO[Si](C)(C)C(C)(C)C)c2)c1. The lowest BCUT2D eigenvalue weighted by atomic mass is 10.0. The standard InChI is InChI=1S/C32H52O5SSi2/c1-12-24(14-13-15-30(33)34)27-19-29(38-23-27)22-35-28-17-16-25(20-36-39(8,9)31(2,3)4)26(18-28)21-37-40(10,11)32(5,6)7/h14,16-19,23H,12-13,15,20-22H2,1-11H3,(H,33,34). The molecule has 5 nitrogen and oxygen atoms in total. The molecule has 40 heavy (non-hydrogen) atoms. The van der Waals surface area contributed by atoms with E-state index in [9.17, 15) is 4.79 Å². The van der Waals surface area contributed by atoms with Crippen LogP contribution in [0.25, 0.3) is 5.57 Å². The minimum Gasteiger partial charge on any atom is -0.488 e. The highest BCUT2D eigenvalue weighted by atomic mass is 32.1. The highest BCUT2D eigenvalue weighted by Crippen LogP contribution is 2.39. The van der Waals surface area contributed by atoms with E-state index >= 15 is 0 Å². The van der Waals surface area contributed by atoms with Crippen LogP contribution in [0.2, 0.25) is 36.3 Å². The summed E-state index contributed by atoms with van der Waals surface area (Å²) in [4.78, 5) is 12.0. The molecule has 0 atom stereocenters. The maximum Gasteiger partial charge on any atom is 0.303 e. The smallest absolute Gasteiger partial charge is 0.303 e. The third-order valence-corrected chi connectivity index (χ3v) is 18.4. The molecule has 0 radical (unpaired) electrons. The molecule has 0 aliphatic rings. The second-order valence-electron chi connectivity index (χ2n) is 13.6. The third-order valence-electron chi connectivity index (χ3n) is 8.50. The van der Waals surface area contributed by atoms with Crippen LogP contribution >= 0.6 is 11.3 Å². The fourth-order valence-corrected chi connectivity index (χ4v) is 6.25. The molecule has 0 bridgehead atoms. The molecule has 224 valence electrons. The van der Waals surface area contributed by atoms with Crippen LogP contribution in [0.3, 0.4) is 0 Å². The first-order valence-corrected chi connectivity index (χ1v) is 21.1. The number of carboxylic acids is 1. The molecule has 2 rings (SSSR count). The number of benzene rings is 1. The van der Waals surface area contributed by atoms with Crippen molar-refractivity contribution in [2.75, 3.05) is 0 Å². The van der Waals surface area contributed by atoms with E-state index in [0.29, 0.717) is 26.2 Å². The van der Waals surface area contributed by atoms with Crippen LogP contribution in [0.1, 0.15) is 89.3 Å². The molecule has 0 unspecified atom stereocenters. The monoisotopic (exact) mass is 604 g/mol. The van der Waals surface area contributed by atoms with Crippen LogP contribution in [0.15, 0.2) is 35.7 Å². The fraction of sp³-hybridized carbons (Fsp3) is 0.594. The molecular weight excluding hydrogens is 553 g/mol. The van der Waals surface area contributed by atoms with Gasteiger partial charge in [0.05, 0.1) is 13.2 Å². The van der Waals surface area contributed by atoms with Crippen molar-refractivity contribution in [3.8, 4) is 5.75 Å². The van der Waals surface area contributed by atoms with Crippen molar-refractivity contribution < 1.29 is 23.5 Å². The van der Waals surface area contributed by atoms with Crippen molar-refractivity contribution in [3.05, 3.63) is 57.3 Å². The third kappa shape index (κ3) is 9.98. The van der Waals surface area contributed by atoms with Crippen LogP contribution in [0, 0.1) is 0 Å². The van der Waals surface area contributed by atoms with E-state index in [4.69, 9.17) is 18.7 Å². The number of allylic oxidation sites excluding steroid dienone is 2. The van der Waals surface area contributed by atoms with Gasteiger partial charge >= 0.3 is 5.97 Å². The van der Waals surface area contributed by atoms with E-state index in [-0.39, 0.29) is 16.5 Å². The summed E-state index contributed by atoms with van der Waals surface area (Å²) in [5.41, 5.74) is 4.62. The lowest BCUT2D eigenvalue weighted by Crippen LogP contribution is -2.41. The molecule has 1 heterocycles. The molecule has 2 aromatic rings. The van der Waals surface area contributed by atoms with Gasteiger partial charge in [-0.2, -0.15) is 0 Å². The number of carbonyl (C=O) groups is 1. The van der Waals surface area contributed by atoms with Crippen LogP contribution in [-0.4, -0.2) is 27.7 Å². The predicted octanol–water partition coefficient (Wildman–Crippen LogP) is 10.0. The average molecular weight is 605 g/mol. The largest absolute Gasteiger partial charge is 0.488 e. The Labute approximate surface area is 249 Å². The van der Waals surface area contributed by atoms with E-state index in [1.165, 1.54) is 5.57 Å². The van der Waals surface area contributed by atoms with Gasteiger partial charge in [0.2, 0.25) is 0 Å². The molecule has 0 saturated heterocycles. The predicted molar refractivity (Wildman–Crippen MR) is 174 cm³/mol. The second kappa shape index (κ2) is 14.0. The van der Waals surface area contributed by atoms with Crippen LogP contribution in [0.4, 0.5) is 0 Å². The molecule has 8 heteroatoms. The van der Waals surface area contributed by atoms with Gasteiger partial charge in [-0.25, -0.2) is 0 Å². The topological polar surface area (TPSA) is 65.0 Å². The number of hydrogen-bond donors (Lipinski definition) is 1. The minimum absolute atomic E-state index is 0.134. The molecule has 0 aliphatic heterocycles. The van der Waals surface area contributed by atoms with Crippen molar-refractivity contribution in [1.82, 2.24) is 0 Å². The Kier molecular flexibility index (Phi) is 12.0. The first kappa shape index (κ1) is 34.5. The quantitative estimate of drug-likeness (QED) is 0.217. The first-order valence-electron chi connectivity index (χ1n) is 14.4. The Balaban J connectivity index is 2.21. The van der Waals surface area contributed by atoms with E-state index in [2.05, 4.69) is 98.2 Å². The molecule has 0 amide bonds. The fourth-order valence-electron chi connectivity index (χ4n) is 3.53. The Hall–Kier alpha value is -1.72. The first-order chi connectivity index (χ1) is 18.4. The lowest BCUT2D eigenvalue weighted by molar-refractivity contribution is -0.136. The zero-order chi connectivity index (χ0) is 30.4. The normalized spacial score (nSPS) is 13.5. The van der Waals surface area contributed by atoms with Crippen molar-refractivity contribution in [2.24, 2.45) is 0 Å². The van der Waals surface area contributed by atoms with Crippen molar-refractivity contribution in [1.29, 1.82) is 0 Å². The molecule has 0 fully saturated rings. The summed E-state index contributed by atoms with van der Waals surface area (Å²) < 4.78 is 19.5. The number of rotatable bonds is 14. The zero-order valence-electron chi connectivity index (χ0n) is 26.7. The van der Waals surface area contributed by atoms with E-state index in [1.807, 2.05) is 12.1 Å². The Morgan fingerprint density at radius 1 is 0.900 bits per heavy atom. The van der Waals surface area contributed by atoms with Gasteiger partial charge in [-0.05, 0) is 94.9 Å². The van der Waals surface area contributed by atoms with Gasteiger partial charge in [-0.3, -0.25) is 4.79 Å². The van der Waals surface area contributed by atoms with Crippen LogP contribution in [-0.2, 0) is 33.5 Å². The van der Waals surface area contributed by atoms with Crippen molar-refractivity contribution >= 4 is 39.5 Å². The number of ether oxygens (including phenoxy) is 1. The maximum atomic E-state index is 10.9. The maximum absolute atomic E-state index is 10.9. The van der Waals surface area contributed by atoms with Crippen molar-refractivity contribution in [3.63, 3.8) is 0 Å².